The van der Waals surface area contributed by atoms with Gasteiger partial charge in [0.2, 0.25) is 0 Å². The summed E-state index contributed by atoms with van der Waals surface area (Å²) in [7, 11) is 1.30. The quantitative estimate of drug-likeness (QED) is 0.107. The first kappa shape index (κ1) is 31.5. The Balaban J connectivity index is 1.58. The maximum absolute atomic E-state index is 12.7. The number of nitrogens with one attached hydrogen (secondary N) is 2. The highest BCUT2D eigenvalue weighted by Gasteiger charge is 2.22. The van der Waals surface area contributed by atoms with Gasteiger partial charge in [0.25, 0.3) is 5.91 Å². The molecule has 0 bridgehead atoms. The molecule has 14 nitrogen and oxygen atoms in total. The van der Waals surface area contributed by atoms with Gasteiger partial charge in [-0.1, -0.05) is 18.5 Å². The van der Waals surface area contributed by atoms with Gasteiger partial charge in [-0.25, -0.2) is 14.8 Å². The van der Waals surface area contributed by atoms with Gasteiger partial charge >= 0.3 is 11.9 Å². The number of aromatic nitrogens is 2. The number of guanidine groups is 1. The lowest BCUT2D eigenvalue weighted by atomic mass is 10.0. The van der Waals surface area contributed by atoms with E-state index in [1.165, 1.54) is 13.2 Å². The van der Waals surface area contributed by atoms with Gasteiger partial charge in [0.05, 0.1) is 19.3 Å². The molecule has 0 radical (unpaired) electrons. The maximum atomic E-state index is 12.7. The third-order valence-electron chi connectivity index (χ3n) is 6.23. The number of esters is 1. The fourth-order valence-corrected chi connectivity index (χ4v) is 4.36. The number of nitrogens with zero attached hydrogens (tertiary/aromatic N) is 4. The minimum Gasteiger partial charge on any atom is -0.465 e. The summed E-state index contributed by atoms with van der Waals surface area (Å²) in [6.07, 6.45) is 2.32. The molecule has 0 spiro atoms. The number of rotatable bonds is 11. The minimum absolute atomic E-state index is 0.0288. The molecule has 0 saturated carbocycles. The Labute approximate surface area is 243 Å². The average molecular weight is 590 g/mol. The molecule has 2 amide bonds. The van der Waals surface area contributed by atoms with E-state index in [2.05, 4.69) is 30.5 Å². The van der Waals surface area contributed by atoms with Gasteiger partial charge in [0.15, 0.2) is 28.4 Å². The number of nitrogen functional groups attached to an aromatic ring is 2. The van der Waals surface area contributed by atoms with Gasteiger partial charge in [-0.05, 0) is 43.0 Å². The number of hydrogen-bond acceptors (Lipinski definition) is 10. The van der Waals surface area contributed by atoms with Crippen molar-refractivity contribution >= 4 is 47.0 Å². The van der Waals surface area contributed by atoms with E-state index in [-0.39, 0.29) is 40.4 Å². The van der Waals surface area contributed by atoms with E-state index in [1.54, 1.807) is 12.1 Å². The second-order valence-electron chi connectivity index (χ2n) is 9.41. The van der Waals surface area contributed by atoms with Crippen LogP contribution in [0.2, 0.25) is 5.15 Å². The molecule has 1 fully saturated rings. The van der Waals surface area contributed by atoms with Crippen LogP contribution in [0.1, 0.15) is 63.0 Å². The Morgan fingerprint density at radius 2 is 1.80 bits per heavy atom. The first-order valence-electron chi connectivity index (χ1n) is 13.1. The lowest BCUT2D eigenvalue weighted by Crippen LogP contribution is -2.47. The number of carbonyl (C=O) groups excluding carboxylic acids is 3. The first-order chi connectivity index (χ1) is 19.6. The van der Waals surface area contributed by atoms with E-state index >= 15 is 0 Å². The summed E-state index contributed by atoms with van der Waals surface area (Å²) in [4.78, 5) is 51.0. The largest absolute Gasteiger partial charge is 0.465 e. The van der Waals surface area contributed by atoms with Crippen molar-refractivity contribution in [3.8, 4) is 0 Å². The molecule has 1 saturated heterocycles. The van der Waals surface area contributed by atoms with Crippen LogP contribution >= 0.6 is 11.6 Å². The van der Waals surface area contributed by atoms with E-state index in [9.17, 15) is 14.4 Å². The molecule has 3 rings (SSSR count). The van der Waals surface area contributed by atoms with Crippen molar-refractivity contribution in [2.24, 2.45) is 10.7 Å². The Hall–Kier alpha value is -4.01. The molecule has 2 aromatic rings. The number of anilines is 2. The fourth-order valence-electron chi connectivity index (χ4n) is 4.23. The minimum atomic E-state index is -0.793. The molecule has 15 heteroatoms. The standard InChI is InChI=1S/C26H36ClN9O5/c1-3-9-41-10-6-31-23(37)16-11-15(12-17(13-16)25(39)40-2)14-36-7-4-18(5-8-36)32-26(30)35-24(38)19-21(28)34-22(29)20(27)33-19/h11-13,18H,3-10,14H2,1-2H3,(H,31,37)(H4,28,29,34)(H3,30,32,35,38). The van der Waals surface area contributed by atoms with Crippen molar-refractivity contribution in [1.29, 1.82) is 0 Å². The summed E-state index contributed by atoms with van der Waals surface area (Å²) in [6.45, 7) is 5.34. The van der Waals surface area contributed by atoms with E-state index < -0.39 is 11.9 Å². The number of carbonyl (C=O) groups is 3. The van der Waals surface area contributed by atoms with E-state index in [0.29, 0.717) is 63.4 Å². The first-order valence-corrected chi connectivity index (χ1v) is 13.5. The summed E-state index contributed by atoms with van der Waals surface area (Å²) >= 11 is 5.83. The van der Waals surface area contributed by atoms with Crippen LogP contribution < -0.4 is 27.8 Å². The number of likely N-dealkylation sites (tertiary alicyclic amines) is 1. The fraction of sp³-hybridized carbons (Fsp3) is 0.462. The Morgan fingerprint density at radius 3 is 2.49 bits per heavy atom. The third kappa shape index (κ3) is 9.27. The number of piperidine rings is 1. The second-order valence-corrected chi connectivity index (χ2v) is 9.77. The Bertz CT molecular complexity index is 1280. The van der Waals surface area contributed by atoms with Gasteiger partial charge in [-0.2, -0.15) is 4.99 Å². The molecule has 1 aliphatic heterocycles. The van der Waals surface area contributed by atoms with E-state index in [0.717, 1.165) is 12.0 Å². The summed E-state index contributed by atoms with van der Waals surface area (Å²) < 4.78 is 10.3. The molecular weight excluding hydrogens is 554 g/mol. The second kappa shape index (κ2) is 15.1. The van der Waals surface area contributed by atoms with Crippen LogP contribution in [0.15, 0.2) is 23.2 Å². The molecule has 222 valence electrons. The number of nitrogens with two attached hydrogens (primary N) is 3. The highest BCUT2D eigenvalue weighted by atomic mass is 35.5. The van der Waals surface area contributed by atoms with Crippen molar-refractivity contribution in [3.05, 3.63) is 45.7 Å². The number of aliphatic imine (C=N–C) groups is 1. The van der Waals surface area contributed by atoms with Crippen LogP contribution in [0.5, 0.6) is 0 Å². The summed E-state index contributed by atoms with van der Waals surface area (Å²) in [6, 6.07) is 4.99. The highest BCUT2D eigenvalue weighted by Crippen LogP contribution is 2.19. The zero-order valence-electron chi connectivity index (χ0n) is 23.1. The zero-order chi connectivity index (χ0) is 29.9. The molecular formula is C26H36ClN9O5. The number of methoxy groups -OCH3 is 1. The Kier molecular flexibility index (Phi) is 11.6. The van der Waals surface area contributed by atoms with Gasteiger partial charge in [0.1, 0.15) is 0 Å². The van der Waals surface area contributed by atoms with E-state index in [4.69, 9.17) is 38.3 Å². The molecule has 41 heavy (non-hydrogen) atoms. The third-order valence-corrected chi connectivity index (χ3v) is 6.51. The predicted octanol–water partition coefficient (Wildman–Crippen LogP) is 0.947. The number of halogens is 1. The van der Waals surface area contributed by atoms with Crippen molar-refractivity contribution in [2.75, 3.05) is 51.4 Å². The van der Waals surface area contributed by atoms with Gasteiger partial charge in [-0.15, -0.1) is 0 Å². The average Bonchev–Trinajstić information content (AvgIpc) is 2.95. The molecule has 0 unspecified atom stereocenters. The maximum Gasteiger partial charge on any atom is 0.337 e. The molecule has 8 N–H and O–H groups in total. The zero-order valence-corrected chi connectivity index (χ0v) is 23.9. The highest BCUT2D eigenvalue weighted by molar-refractivity contribution is 6.31. The molecule has 1 aromatic heterocycles. The normalized spacial score (nSPS) is 14.5. The van der Waals surface area contributed by atoms with Crippen LogP contribution in [0.25, 0.3) is 0 Å². The lowest BCUT2D eigenvalue weighted by molar-refractivity contribution is 0.0600. The molecule has 2 heterocycles. The number of hydrogen-bond donors (Lipinski definition) is 5. The summed E-state index contributed by atoms with van der Waals surface area (Å²) in [5.74, 6) is -1.97. The van der Waals surface area contributed by atoms with Crippen LogP contribution in [0.3, 0.4) is 0 Å². The molecule has 0 atom stereocenters. The molecule has 0 aliphatic carbocycles. The van der Waals surface area contributed by atoms with Crippen molar-refractivity contribution in [1.82, 2.24) is 25.5 Å². The topological polar surface area (TPSA) is 213 Å². The number of ether oxygens (including phenoxy) is 2. The van der Waals surface area contributed by atoms with Crippen LogP contribution in [0.4, 0.5) is 11.6 Å². The van der Waals surface area contributed by atoms with Gasteiger partial charge < -0.3 is 37.3 Å². The van der Waals surface area contributed by atoms with Gasteiger partial charge in [-0.3, -0.25) is 14.5 Å². The van der Waals surface area contributed by atoms with Crippen molar-refractivity contribution in [3.63, 3.8) is 0 Å². The van der Waals surface area contributed by atoms with Crippen LogP contribution in [-0.2, 0) is 16.0 Å². The molecule has 1 aliphatic rings. The summed E-state index contributed by atoms with van der Waals surface area (Å²) in [5.41, 5.74) is 18.4. The summed E-state index contributed by atoms with van der Waals surface area (Å²) in [5, 5.41) is 5.71. The monoisotopic (exact) mass is 589 g/mol. The van der Waals surface area contributed by atoms with Crippen molar-refractivity contribution in [2.45, 2.75) is 38.8 Å². The molecule has 1 aromatic carbocycles. The predicted molar refractivity (Wildman–Crippen MR) is 154 cm³/mol. The Morgan fingerprint density at radius 1 is 1.10 bits per heavy atom. The lowest BCUT2D eigenvalue weighted by Gasteiger charge is -2.32. The van der Waals surface area contributed by atoms with Crippen LogP contribution in [0, 0.1) is 0 Å². The van der Waals surface area contributed by atoms with Crippen LogP contribution in [-0.4, -0.2) is 84.6 Å². The van der Waals surface area contributed by atoms with E-state index in [1.807, 2.05) is 6.92 Å². The number of benzene rings is 1. The van der Waals surface area contributed by atoms with Gasteiger partial charge in [0, 0.05) is 44.4 Å². The SMILES string of the molecule is CCCOCCNC(=O)c1cc(CN2CCC(N/C(N)=N/C(=O)c3nc(Cl)c(N)nc3N)CC2)cc(C(=O)OC)c1. The number of amides is 2. The smallest absolute Gasteiger partial charge is 0.337 e. The van der Waals surface area contributed by atoms with Crippen molar-refractivity contribution < 1.29 is 23.9 Å².